The fraction of sp³-hybridized carbons (Fsp3) is 0.571. The first-order valence-corrected chi connectivity index (χ1v) is 6.42. The number of hydrogen-bond donors (Lipinski definition) is 2. The molecule has 19 heavy (non-hydrogen) atoms. The summed E-state index contributed by atoms with van der Waals surface area (Å²) in [5.41, 5.74) is 7.67. The zero-order chi connectivity index (χ0) is 14.3. The number of hydrogen-bond acceptors (Lipinski definition) is 5. The Morgan fingerprint density at radius 2 is 1.95 bits per heavy atom. The number of benzene rings is 1. The third-order valence-corrected chi connectivity index (χ3v) is 3.05. The third-order valence-electron chi connectivity index (χ3n) is 3.05. The molecule has 0 unspecified atom stereocenters. The van der Waals surface area contributed by atoms with Gasteiger partial charge in [0.1, 0.15) is 0 Å². The van der Waals surface area contributed by atoms with E-state index in [1.165, 1.54) is 0 Å². The Morgan fingerprint density at radius 1 is 1.21 bits per heavy atom. The van der Waals surface area contributed by atoms with Gasteiger partial charge in [0, 0.05) is 6.54 Å². The monoisotopic (exact) mass is 268 g/mol. The first-order chi connectivity index (χ1) is 9.12. The van der Waals surface area contributed by atoms with Crippen molar-refractivity contribution in [2.24, 2.45) is 0 Å². The second-order valence-corrected chi connectivity index (χ2v) is 4.55. The lowest BCUT2D eigenvalue weighted by atomic mass is 10.1. The Kier molecular flexibility index (Phi) is 6.45. The van der Waals surface area contributed by atoms with Gasteiger partial charge in [-0.05, 0) is 44.1 Å². The summed E-state index contributed by atoms with van der Waals surface area (Å²) in [5, 5.41) is 8.83. The molecular formula is C14H24N2O3. The van der Waals surface area contributed by atoms with E-state index in [9.17, 15) is 0 Å². The molecule has 5 nitrogen and oxygen atoms in total. The maximum absolute atomic E-state index is 8.83. The molecule has 0 saturated carbocycles. The number of aliphatic hydroxyl groups excluding tert-OH is 1. The topological polar surface area (TPSA) is 68.0 Å². The van der Waals surface area contributed by atoms with Gasteiger partial charge < -0.3 is 25.2 Å². The van der Waals surface area contributed by atoms with Crippen LogP contribution >= 0.6 is 0 Å². The summed E-state index contributed by atoms with van der Waals surface area (Å²) in [6.45, 7) is 1.84. The zero-order valence-corrected chi connectivity index (χ0v) is 12.0. The second kappa shape index (κ2) is 7.86. The SMILES string of the molecule is COc1cc(CCCN(C)CCO)cc(N)c1OC. The molecule has 0 radical (unpaired) electrons. The molecule has 0 aromatic heterocycles. The molecule has 0 saturated heterocycles. The number of methoxy groups -OCH3 is 2. The maximum atomic E-state index is 8.83. The van der Waals surface area contributed by atoms with E-state index in [2.05, 4.69) is 4.90 Å². The van der Waals surface area contributed by atoms with E-state index in [-0.39, 0.29) is 6.61 Å². The number of rotatable bonds is 8. The summed E-state index contributed by atoms with van der Waals surface area (Å²) in [7, 11) is 5.19. The van der Waals surface area contributed by atoms with Crippen LogP contribution in [0.2, 0.25) is 0 Å². The predicted octanol–water partition coefficient (Wildman–Crippen LogP) is 1.14. The molecule has 0 spiro atoms. The van der Waals surface area contributed by atoms with Crippen molar-refractivity contribution in [3.05, 3.63) is 17.7 Å². The molecule has 1 aromatic carbocycles. The van der Waals surface area contributed by atoms with Gasteiger partial charge in [0.05, 0.1) is 26.5 Å². The first kappa shape index (κ1) is 15.6. The highest BCUT2D eigenvalue weighted by molar-refractivity contribution is 5.62. The van der Waals surface area contributed by atoms with E-state index in [4.69, 9.17) is 20.3 Å². The van der Waals surface area contributed by atoms with E-state index >= 15 is 0 Å². The van der Waals surface area contributed by atoms with Gasteiger partial charge in [0.2, 0.25) is 0 Å². The van der Waals surface area contributed by atoms with Crippen LogP contribution in [0.15, 0.2) is 12.1 Å². The van der Waals surface area contributed by atoms with Gasteiger partial charge in [-0.2, -0.15) is 0 Å². The number of aliphatic hydroxyl groups is 1. The highest BCUT2D eigenvalue weighted by Gasteiger charge is 2.10. The molecule has 0 heterocycles. The van der Waals surface area contributed by atoms with Gasteiger partial charge in [0.25, 0.3) is 0 Å². The van der Waals surface area contributed by atoms with E-state index in [1.54, 1.807) is 14.2 Å². The van der Waals surface area contributed by atoms with Crippen LogP contribution in [-0.2, 0) is 6.42 Å². The highest BCUT2D eigenvalue weighted by Crippen LogP contribution is 2.34. The normalized spacial score (nSPS) is 10.8. The average molecular weight is 268 g/mol. The number of nitrogens with two attached hydrogens (primary N) is 1. The van der Waals surface area contributed by atoms with E-state index in [1.807, 2.05) is 19.2 Å². The van der Waals surface area contributed by atoms with Crippen molar-refractivity contribution in [1.82, 2.24) is 4.90 Å². The van der Waals surface area contributed by atoms with Gasteiger partial charge in [-0.15, -0.1) is 0 Å². The molecule has 3 N–H and O–H groups in total. The zero-order valence-electron chi connectivity index (χ0n) is 12.0. The molecule has 108 valence electrons. The van der Waals surface area contributed by atoms with E-state index < -0.39 is 0 Å². The molecular weight excluding hydrogens is 244 g/mol. The molecule has 0 bridgehead atoms. The largest absolute Gasteiger partial charge is 0.493 e. The second-order valence-electron chi connectivity index (χ2n) is 4.55. The van der Waals surface area contributed by atoms with Crippen LogP contribution in [0.5, 0.6) is 11.5 Å². The van der Waals surface area contributed by atoms with Crippen molar-refractivity contribution >= 4 is 5.69 Å². The lowest BCUT2D eigenvalue weighted by Crippen LogP contribution is -2.23. The Balaban J connectivity index is 2.62. The summed E-state index contributed by atoms with van der Waals surface area (Å²) < 4.78 is 10.5. The van der Waals surface area contributed by atoms with Crippen LogP contribution in [0.25, 0.3) is 0 Å². The van der Waals surface area contributed by atoms with Gasteiger partial charge in [0.15, 0.2) is 11.5 Å². The lowest BCUT2D eigenvalue weighted by molar-refractivity contribution is 0.220. The van der Waals surface area contributed by atoms with Crippen molar-refractivity contribution < 1.29 is 14.6 Å². The van der Waals surface area contributed by atoms with Crippen LogP contribution < -0.4 is 15.2 Å². The van der Waals surface area contributed by atoms with Crippen LogP contribution in [-0.4, -0.2) is 51.0 Å². The van der Waals surface area contributed by atoms with E-state index in [0.717, 1.165) is 24.9 Å². The fourth-order valence-electron chi connectivity index (χ4n) is 2.03. The molecule has 5 heteroatoms. The number of anilines is 1. The Morgan fingerprint density at radius 3 is 2.53 bits per heavy atom. The number of aryl methyl sites for hydroxylation is 1. The van der Waals surface area contributed by atoms with Crippen LogP contribution in [0.1, 0.15) is 12.0 Å². The summed E-state index contributed by atoms with van der Waals surface area (Å²) in [6.07, 6.45) is 1.92. The van der Waals surface area contributed by atoms with Gasteiger partial charge in [-0.25, -0.2) is 0 Å². The standard InChI is InChI=1S/C14H24N2O3/c1-16(7-8-17)6-4-5-11-9-12(15)14(19-3)13(10-11)18-2/h9-10,17H,4-8,15H2,1-3H3. The molecule has 0 amide bonds. The van der Waals surface area contributed by atoms with Crippen LogP contribution in [0.3, 0.4) is 0 Å². The minimum Gasteiger partial charge on any atom is -0.493 e. The summed E-state index contributed by atoms with van der Waals surface area (Å²) in [4.78, 5) is 2.10. The Hall–Kier alpha value is -1.46. The number of likely N-dealkylation sites (N-methyl/N-ethyl adjacent to an activating group) is 1. The molecule has 0 aliphatic heterocycles. The smallest absolute Gasteiger partial charge is 0.183 e. The number of nitrogens with zero attached hydrogens (tertiary/aromatic N) is 1. The fourth-order valence-corrected chi connectivity index (χ4v) is 2.03. The van der Waals surface area contributed by atoms with Crippen molar-refractivity contribution in [2.45, 2.75) is 12.8 Å². The molecule has 0 aliphatic rings. The number of ether oxygens (including phenoxy) is 2. The quantitative estimate of drug-likeness (QED) is 0.692. The minimum atomic E-state index is 0.194. The first-order valence-electron chi connectivity index (χ1n) is 6.42. The highest BCUT2D eigenvalue weighted by atomic mass is 16.5. The van der Waals surface area contributed by atoms with Crippen molar-refractivity contribution in [3.63, 3.8) is 0 Å². The molecule has 0 aliphatic carbocycles. The predicted molar refractivity (Wildman–Crippen MR) is 76.9 cm³/mol. The molecule has 1 rings (SSSR count). The van der Waals surface area contributed by atoms with Crippen LogP contribution in [0, 0.1) is 0 Å². The maximum Gasteiger partial charge on any atom is 0.183 e. The van der Waals surface area contributed by atoms with Gasteiger partial charge in [-0.3, -0.25) is 0 Å². The summed E-state index contributed by atoms with van der Waals surface area (Å²) in [6, 6.07) is 3.88. The molecule has 0 atom stereocenters. The van der Waals surface area contributed by atoms with Crippen molar-refractivity contribution in [2.75, 3.05) is 46.7 Å². The summed E-state index contributed by atoms with van der Waals surface area (Å²) in [5.74, 6) is 1.25. The Labute approximate surface area is 114 Å². The van der Waals surface area contributed by atoms with Crippen LogP contribution in [0.4, 0.5) is 5.69 Å². The average Bonchev–Trinajstić information content (AvgIpc) is 2.38. The number of nitrogen functional groups attached to an aromatic ring is 1. The lowest BCUT2D eigenvalue weighted by Gasteiger charge is -2.16. The van der Waals surface area contributed by atoms with Gasteiger partial charge in [-0.1, -0.05) is 0 Å². The summed E-state index contributed by atoms with van der Waals surface area (Å²) >= 11 is 0. The van der Waals surface area contributed by atoms with Crippen molar-refractivity contribution in [1.29, 1.82) is 0 Å². The van der Waals surface area contributed by atoms with Gasteiger partial charge >= 0.3 is 0 Å². The third kappa shape index (κ3) is 4.61. The Bertz CT molecular complexity index is 397. The minimum absolute atomic E-state index is 0.194. The molecule has 1 aromatic rings. The van der Waals surface area contributed by atoms with Crippen molar-refractivity contribution in [3.8, 4) is 11.5 Å². The van der Waals surface area contributed by atoms with E-state index in [0.29, 0.717) is 23.7 Å². The molecule has 0 fully saturated rings.